The molecule has 0 atom stereocenters. The van der Waals surface area contributed by atoms with Crippen molar-refractivity contribution in [1.29, 1.82) is 0 Å². The van der Waals surface area contributed by atoms with Crippen molar-refractivity contribution >= 4 is 28.6 Å². The molecule has 4 nitrogen and oxygen atoms in total. The highest BCUT2D eigenvalue weighted by molar-refractivity contribution is 5.92. The van der Waals surface area contributed by atoms with Gasteiger partial charge in [0.05, 0.1) is 6.54 Å². The minimum absolute atomic E-state index is 0.336. The SMILES string of the molecule is O=C(Nc1ccc(OC(F)(F)F)cc1)N(Cc1cccc2ccccc12)C1=Cc2ccccc2C1. The monoisotopic (exact) mass is 474 g/mol. The van der Waals surface area contributed by atoms with Crippen LogP contribution in [0.1, 0.15) is 16.7 Å². The Morgan fingerprint density at radius 2 is 1.60 bits per heavy atom. The Morgan fingerprint density at radius 1 is 0.886 bits per heavy atom. The van der Waals surface area contributed by atoms with Gasteiger partial charge in [-0.25, -0.2) is 4.79 Å². The molecule has 1 aliphatic carbocycles. The minimum atomic E-state index is -4.77. The van der Waals surface area contributed by atoms with E-state index >= 15 is 0 Å². The lowest BCUT2D eigenvalue weighted by Gasteiger charge is -2.25. The lowest BCUT2D eigenvalue weighted by Crippen LogP contribution is -2.34. The van der Waals surface area contributed by atoms with Crippen LogP contribution in [0.3, 0.4) is 0 Å². The van der Waals surface area contributed by atoms with E-state index in [1.54, 1.807) is 4.90 Å². The maximum atomic E-state index is 13.5. The molecule has 0 bridgehead atoms. The number of rotatable bonds is 5. The van der Waals surface area contributed by atoms with Crippen LogP contribution in [0.25, 0.3) is 16.8 Å². The van der Waals surface area contributed by atoms with Crippen LogP contribution in [0.2, 0.25) is 0 Å². The van der Waals surface area contributed by atoms with E-state index in [9.17, 15) is 18.0 Å². The highest BCUT2D eigenvalue weighted by atomic mass is 19.4. The van der Waals surface area contributed by atoms with Crippen LogP contribution in [-0.4, -0.2) is 17.3 Å². The molecule has 0 radical (unpaired) electrons. The molecular weight excluding hydrogens is 453 g/mol. The van der Waals surface area contributed by atoms with E-state index in [0.29, 0.717) is 18.7 Å². The summed E-state index contributed by atoms with van der Waals surface area (Å²) in [6.45, 7) is 0.336. The van der Waals surface area contributed by atoms with Gasteiger partial charge in [0, 0.05) is 17.8 Å². The zero-order valence-corrected chi connectivity index (χ0v) is 18.5. The molecule has 0 spiro atoms. The molecule has 176 valence electrons. The molecule has 35 heavy (non-hydrogen) atoms. The number of urea groups is 1. The number of nitrogens with one attached hydrogen (secondary N) is 1. The van der Waals surface area contributed by atoms with Crippen molar-refractivity contribution in [2.75, 3.05) is 5.32 Å². The number of carbonyl (C=O) groups is 1. The van der Waals surface area contributed by atoms with E-state index in [2.05, 4.69) is 10.1 Å². The number of hydrogen-bond acceptors (Lipinski definition) is 2. The third-order valence-corrected chi connectivity index (χ3v) is 5.89. The van der Waals surface area contributed by atoms with Crippen molar-refractivity contribution in [2.24, 2.45) is 0 Å². The molecule has 0 saturated heterocycles. The van der Waals surface area contributed by atoms with E-state index < -0.39 is 6.36 Å². The second-order valence-electron chi connectivity index (χ2n) is 8.24. The zero-order chi connectivity index (χ0) is 24.4. The first kappa shape index (κ1) is 22.5. The number of ether oxygens (including phenoxy) is 1. The van der Waals surface area contributed by atoms with E-state index in [4.69, 9.17) is 0 Å². The molecule has 2 amide bonds. The molecule has 0 aliphatic heterocycles. The summed E-state index contributed by atoms with van der Waals surface area (Å²) < 4.78 is 41.3. The lowest BCUT2D eigenvalue weighted by atomic mass is 10.0. The topological polar surface area (TPSA) is 41.6 Å². The fourth-order valence-electron chi connectivity index (χ4n) is 4.27. The Morgan fingerprint density at radius 3 is 2.37 bits per heavy atom. The predicted molar refractivity (Wildman–Crippen MR) is 130 cm³/mol. The summed E-state index contributed by atoms with van der Waals surface area (Å²) in [4.78, 5) is 15.2. The molecule has 7 heteroatoms. The normalized spacial score (nSPS) is 12.7. The fourth-order valence-corrected chi connectivity index (χ4v) is 4.27. The van der Waals surface area contributed by atoms with Gasteiger partial charge in [0.1, 0.15) is 5.75 Å². The highest BCUT2D eigenvalue weighted by Gasteiger charge is 2.31. The first-order chi connectivity index (χ1) is 16.9. The smallest absolute Gasteiger partial charge is 0.406 e. The van der Waals surface area contributed by atoms with E-state index in [1.165, 1.54) is 24.3 Å². The zero-order valence-electron chi connectivity index (χ0n) is 18.5. The molecule has 5 rings (SSSR count). The molecule has 4 aromatic rings. The van der Waals surface area contributed by atoms with E-state index in [1.807, 2.05) is 72.8 Å². The Hall–Kier alpha value is -4.26. The Kier molecular flexibility index (Phi) is 5.91. The van der Waals surface area contributed by atoms with Gasteiger partial charge < -0.3 is 10.1 Å². The number of carbonyl (C=O) groups excluding carboxylic acids is 1. The van der Waals surface area contributed by atoms with Gasteiger partial charge in [-0.05, 0) is 57.8 Å². The number of amides is 2. The number of fused-ring (bicyclic) bond motifs is 2. The fraction of sp³-hybridized carbons (Fsp3) is 0.107. The Balaban J connectivity index is 1.43. The van der Waals surface area contributed by atoms with Crippen LogP contribution in [0.4, 0.5) is 23.7 Å². The third kappa shape index (κ3) is 5.14. The van der Waals surface area contributed by atoms with Gasteiger partial charge in [-0.2, -0.15) is 0 Å². The number of halogens is 3. The summed E-state index contributed by atoms with van der Waals surface area (Å²) in [5, 5.41) is 4.94. The minimum Gasteiger partial charge on any atom is -0.406 e. The third-order valence-electron chi connectivity index (χ3n) is 5.89. The number of alkyl halides is 3. The molecule has 0 saturated carbocycles. The summed E-state index contributed by atoms with van der Waals surface area (Å²) in [5.74, 6) is -0.350. The average molecular weight is 474 g/mol. The molecule has 0 unspecified atom stereocenters. The van der Waals surface area contributed by atoms with E-state index in [-0.39, 0.29) is 11.8 Å². The Labute approximate surface area is 200 Å². The van der Waals surface area contributed by atoms with Gasteiger partial charge >= 0.3 is 12.4 Å². The van der Waals surface area contributed by atoms with Gasteiger partial charge in [0.15, 0.2) is 0 Å². The van der Waals surface area contributed by atoms with Crippen molar-refractivity contribution in [3.63, 3.8) is 0 Å². The second-order valence-corrected chi connectivity index (χ2v) is 8.24. The van der Waals surface area contributed by atoms with Crippen molar-refractivity contribution < 1.29 is 22.7 Å². The molecule has 0 fully saturated rings. The van der Waals surface area contributed by atoms with Crippen molar-refractivity contribution in [2.45, 2.75) is 19.3 Å². The molecule has 0 aromatic heterocycles. The summed E-state index contributed by atoms with van der Waals surface area (Å²) in [6, 6.07) is 26.7. The maximum absolute atomic E-state index is 13.5. The van der Waals surface area contributed by atoms with Crippen molar-refractivity contribution in [3.05, 3.63) is 113 Å². The standard InChI is InChI=1S/C28H21F3N2O2/c29-28(30,31)35-25-14-12-23(13-15-25)32-27(34)33(24-16-20-7-1-2-8-21(20)17-24)18-22-10-5-9-19-6-3-4-11-26(19)22/h1-16H,17-18H2,(H,32,34). The van der Waals surface area contributed by atoms with Crippen LogP contribution in [0.5, 0.6) is 5.75 Å². The average Bonchev–Trinajstić information content (AvgIpc) is 3.27. The molecule has 1 N–H and O–H groups in total. The first-order valence-corrected chi connectivity index (χ1v) is 11.1. The second kappa shape index (κ2) is 9.18. The summed E-state index contributed by atoms with van der Waals surface area (Å²) in [5.41, 5.74) is 4.39. The molecule has 1 aliphatic rings. The molecule has 0 heterocycles. The van der Waals surface area contributed by atoms with Crippen LogP contribution in [-0.2, 0) is 13.0 Å². The maximum Gasteiger partial charge on any atom is 0.573 e. The van der Waals surface area contributed by atoms with Crippen LogP contribution < -0.4 is 10.1 Å². The van der Waals surface area contributed by atoms with Crippen LogP contribution in [0, 0.1) is 0 Å². The lowest BCUT2D eigenvalue weighted by molar-refractivity contribution is -0.274. The summed E-state index contributed by atoms with van der Waals surface area (Å²) in [6.07, 6.45) is -2.17. The molecular formula is C28H21F3N2O2. The van der Waals surface area contributed by atoms with Gasteiger partial charge in [0.25, 0.3) is 0 Å². The van der Waals surface area contributed by atoms with Gasteiger partial charge in [-0.3, -0.25) is 4.90 Å². The van der Waals surface area contributed by atoms with E-state index in [0.717, 1.165) is 33.2 Å². The molecule has 4 aromatic carbocycles. The summed E-state index contributed by atoms with van der Waals surface area (Å²) in [7, 11) is 0. The Bertz CT molecular complexity index is 1410. The predicted octanol–water partition coefficient (Wildman–Crippen LogP) is 7.37. The quantitative estimate of drug-likeness (QED) is 0.328. The van der Waals surface area contributed by atoms with Gasteiger partial charge in [-0.1, -0.05) is 66.7 Å². The van der Waals surface area contributed by atoms with Crippen molar-refractivity contribution in [1.82, 2.24) is 4.90 Å². The largest absolute Gasteiger partial charge is 0.573 e. The number of anilines is 1. The van der Waals surface area contributed by atoms with Gasteiger partial charge in [-0.15, -0.1) is 13.2 Å². The van der Waals surface area contributed by atoms with Crippen LogP contribution in [0.15, 0.2) is 96.7 Å². The first-order valence-electron chi connectivity index (χ1n) is 11.1. The number of benzene rings is 4. The summed E-state index contributed by atoms with van der Waals surface area (Å²) >= 11 is 0. The van der Waals surface area contributed by atoms with Crippen molar-refractivity contribution in [3.8, 4) is 5.75 Å². The number of nitrogens with zero attached hydrogens (tertiary/aromatic N) is 1. The van der Waals surface area contributed by atoms with Crippen LogP contribution >= 0.6 is 0 Å². The van der Waals surface area contributed by atoms with Gasteiger partial charge in [0.2, 0.25) is 0 Å². The number of hydrogen-bond donors (Lipinski definition) is 1. The highest BCUT2D eigenvalue weighted by Crippen LogP contribution is 2.30. The number of allylic oxidation sites excluding steroid dienone is 1.